The molecule has 0 aliphatic carbocycles. The van der Waals surface area contributed by atoms with Crippen LogP contribution in [0.2, 0.25) is 0 Å². The SMILES string of the molecule is CN1CCCN(CC(=O)Nc2cc3cc(-c4cnn(C)c4)ncc3cn2)CC1. The Balaban J connectivity index is 1.46. The van der Waals surface area contributed by atoms with Crippen molar-refractivity contribution in [1.29, 1.82) is 0 Å². The Hall–Kier alpha value is -2.84. The van der Waals surface area contributed by atoms with E-state index in [4.69, 9.17) is 0 Å². The van der Waals surface area contributed by atoms with E-state index in [1.807, 2.05) is 25.4 Å². The third-order valence-electron chi connectivity index (χ3n) is 5.05. The second-order valence-corrected chi connectivity index (χ2v) is 7.37. The van der Waals surface area contributed by atoms with Crippen LogP contribution < -0.4 is 5.32 Å². The van der Waals surface area contributed by atoms with Gasteiger partial charge >= 0.3 is 0 Å². The zero-order valence-electron chi connectivity index (χ0n) is 16.3. The Bertz CT molecular complexity index is 984. The van der Waals surface area contributed by atoms with Crippen LogP contribution in [-0.4, -0.2) is 75.2 Å². The summed E-state index contributed by atoms with van der Waals surface area (Å²) < 4.78 is 1.75. The molecule has 0 aromatic carbocycles. The summed E-state index contributed by atoms with van der Waals surface area (Å²) in [7, 11) is 4.00. The van der Waals surface area contributed by atoms with Crippen LogP contribution >= 0.6 is 0 Å². The van der Waals surface area contributed by atoms with Crippen molar-refractivity contribution >= 4 is 22.5 Å². The molecule has 8 heteroatoms. The number of fused-ring (bicyclic) bond motifs is 1. The normalized spacial score (nSPS) is 16.2. The lowest BCUT2D eigenvalue weighted by molar-refractivity contribution is -0.117. The van der Waals surface area contributed by atoms with E-state index in [1.165, 1.54) is 0 Å². The number of anilines is 1. The van der Waals surface area contributed by atoms with Crippen LogP contribution in [-0.2, 0) is 11.8 Å². The van der Waals surface area contributed by atoms with E-state index < -0.39 is 0 Å². The first kappa shape index (κ1) is 18.5. The van der Waals surface area contributed by atoms with Crippen molar-refractivity contribution in [2.45, 2.75) is 6.42 Å². The van der Waals surface area contributed by atoms with Gasteiger partial charge < -0.3 is 10.2 Å². The number of carbonyl (C=O) groups is 1. The molecule has 0 atom stereocenters. The Labute approximate surface area is 164 Å². The molecular formula is C20H25N7O. The average Bonchev–Trinajstić information content (AvgIpc) is 3.01. The van der Waals surface area contributed by atoms with E-state index in [0.717, 1.165) is 54.6 Å². The maximum atomic E-state index is 12.5. The van der Waals surface area contributed by atoms with Gasteiger partial charge in [-0.15, -0.1) is 0 Å². The minimum atomic E-state index is -0.0297. The average molecular weight is 379 g/mol. The molecule has 1 N–H and O–H groups in total. The number of nitrogens with one attached hydrogen (secondary N) is 1. The Morgan fingerprint density at radius 3 is 2.71 bits per heavy atom. The second kappa shape index (κ2) is 8.04. The number of carbonyl (C=O) groups excluding carboxylic acids is 1. The number of hydrogen-bond acceptors (Lipinski definition) is 6. The first-order valence-corrected chi connectivity index (χ1v) is 9.52. The number of aromatic nitrogens is 4. The molecule has 4 rings (SSSR count). The molecule has 3 aromatic rings. The van der Waals surface area contributed by atoms with Gasteiger partial charge in [0.05, 0.1) is 18.4 Å². The van der Waals surface area contributed by atoms with Crippen molar-refractivity contribution in [3.05, 3.63) is 36.9 Å². The molecule has 8 nitrogen and oxygen atoms in total. The van der Waals surface area contributed by atoms with Gasteiger partial charge in [0.15, 0.2) is 0 Å². The summed E-state index contributed by atoms with van der Waals surface area (Å²) >= 11 is 0. The van der Waals surface area contributed by atoms with Gasteiger partial charge in [-0.2, -0.15) is 5.10 Å². The topological polar surface area (TPSA) is 79.2 Å². The number of hydrogen-bond donors (Lipinski definition) is 1. The highest BCUT2D eigenvalue weighted by Gasteiger charge is 2.15. The van der Waals surface area contributed by atoms with E-state index in [2.05, 4.69) is 37.2 Å². The third kappa shape index (κ3) is 4.35. The molecule has 28 heavy (non-hydrogen) atoms. The highest BCUT2D eigenvalue weighted by molar-refractivity contribution is 5.94. The van der Waals surface area contributed by atoms with E-state index in [0.29, 0.717) is 12.4 Å². The molecule has 146 valence electrons. The van der Waals surface area contributed by atoms with Crippen molar-refractivity contribution in [3.63, 3.8) is 0 Å². The van der Waals surface area contributed by atoms with Crippen LogP contribution in [0.1, 0.15) is 6.42 Å². The quantitative estimate of drug-likeness (QED) is 0.742. The molecule has 0 spiro atoms. The number of rotatable bonds is 4. The van der Waals surface area contributed by atoms with Gasteiger partial charge in [0.1, 0.15) is 5.82 Å². The summed E-state index contributed by atoms with van der Waals surface area (Å²) in [5.41, 5.74) is 1.80. The number of pyridine rings is 2. The molecule has 1 amide bonds. The summed E-state index contributed by atoms with van der Waals surface area (Å²) in [6.45, 7) is 4.33. The summed E-state index contributed by atoms with van der Waals surface area (Å²) in [6, 6.07) is 3.89. The maximum absolute atomic E-state index is 12.5. The molecule has 0 saturated carbocycles. The highest BCUT2D eigenvalue weighted by Crippen LogP contribution is 2.22. The largest absolute Gasteiger partial charge is 0.310 e. The minimum absolute atomic E-state index is 0.0297. The molecule has 1 aliphatic heterocycles. The van der Waals surface area contributed by atoms with Gasteiger partial charge in [-0.1, -0.05) is 0 Å². The zero-order chi connectivity index (χ0) is 19.5. The molecule has 1 aliphatic rings. The fourth-order valence-electron chi connectivity index (χ4n) is 3.46. The Kier molecular flexibility index (Phi) is 5.31. The van der Waals surface area contributed by atoms with E-state index in [9.17, 15) is 4.79 Å². The van der Waals surface area contributed by atoms with E-state index >= 15 is 0 Å². The van der Waals surface area contributed by atoms with Gasteiger partial charge in [0.2, 0.25) is 5.91 Å². The zero-order valence-corrected chi connectivity index (χ0v) is 16.3. The summed E-state index contributed by atoms with van der Waals surface area (Å²) in [5.74, 6) is 0.533. The van der Waals surface area contributed by atoms with Crippen molar-refractivity contribution in [3.8, 4) is 11.3 Å². The minimum Gasteiger partial charge on any atom is -0.310 e. The number of likely N-dealkylation sites (N-methyl/N-ethyl adjacent to an activating group) is 1. The van der Waals surface area contributed by atoms with Crippen LogP contribution in [0.3, 0.4) is 0 Å². The van der Waals surface area contributed by atoms with Gasteiger partial charge in [-0.25, -0.2) is 4.98 Å². The summed E-state index contributed by atoms with van der Waals surface area (Å²) in [4.78, 5) is 25.8. The molecular weight excluding hydrogens is 354 g/mol. The summed E-state index contributed by atoms with van der Waals surface area (Å²) in [5, 5.41) is 9.04. The van der Waals surface area contributed by atoms with Gasteiger partial charge in [-0.3, -0.25) is 19.4 Å². The van der Waals surface area contributed by atoms with Gasteiger partial charge in [-0.05, 0) is 44.1 Å². The van der Waals surface area contributed by atoms with Gasteiger partial charge in [0, 0.05) is 49.7 Å². The molecule has 0 bridgehead atoms. The molecule has 1 saturated heterocycles. The highest BCUT2D eigenvalue weighted by atomic mass is 16.2. The monoisotopic (exact) mass is 379 g/mol. The first-order chi connectivity index (χ1) is 13.6. The molecule has 1 fully saturated rings. The van der Waals surface area contributed by atoms with Crippen LogP contribution in [0, 0.1) is 0 Å². The van der Waals surface area contributed by atoms with E-state index in [1.54, 1.807) is 23.3 Å². The number of nitrogens with zero attached hydrogens (tertiary/aromatic N) is 6. The lowest BCUT2D eigenvalue weighted by Gasteiger charge is -2.19. The van der Waals surface area contributed by atoms with Crippen molar-refractivity contribution in [2.75, 3.05) is 45.1 Å². The van der Waals surface area contributed by atoms with Gasteiger partial charge in [0.25, 0.3) is 0 Å². The number of amides is 1. The van der Waals surface area contributed by atoms with E-state index in [-0.39, 0.29) is 5.91 Å². The molecule has 4 heterocycles. The lowest BCUT2D eigenvalue weighted by atomic mass is 10.1. The van der Waals surface area contributed by atoms with Crippen LogP contribution in [0.5, 0.6) is 0 Å². The van der Waals surface area contributed by atoms with Crippen molar-refractivity contribution in [1.82, 2.24) is 29.5 Å². The standard InChI is InChI=1S/C20H25N7O/c1-25-4-3-5-27(7-6-25)14-20(28)24-19-9-15-8-18(17-12-23-26(2)13-17)21-10-16(15)11-22-19/h8-13H,3-7,14H2,1-2H3,(H,22,24,28). The second-order valence-electron chi connectivity index (χ2n) is 7.37. The fourth-order valence-corrected chi connectivity index (χ4v) is 3.46. The van der Waals surface area contributed by atoms with Crippen molar-refractivity contribution in [2.24, 2.45) is 7.05 Å². The predicted octanol–water partition coefficient (Wildman–Crippen LogP) is 1.61. The first-order valence-electron chi connectivity index (χ1n) is 9.52. The van der Waals surface area contributed by atoms with Crippen LogP contribution in [0.15, 0.2) is 36.9 Å². The fraction of sp³-hybridized carbons (Fsp3) is 0.400. The predicted molar refractivity (Wildman–Crippen MR) is 109 cm³/mol. The molecule has 0 unspecified atom stereocenters. The smallest absolute Gasteiger partial charge is 0.239 e. The molecule has 0 radical (unpaired) electrons. The van der Waals surface area contributed by atoms with Crippen molar-refractivity contribution < 1.29 is 4.79 Å². The third-order valence-corrected chi connectivity index (χ3v) is 5.05. The van der Waals surface area contributed by atoms with Crippen LogP contribution in [0.25, 0.3) is 22.0 Å². The Morgan fingerprint density at radius 1 is 1.04 bits per heavy atom. The molecule has 3 aromatic heterocycles. The Morgan fingerprint density at radius 2 is 1.89 bits per heavy atom. The number of aryl methyl sites for hydroxylation is 1. The lowest BCUT2D eigenvalue weighted by Crippen LogP contribution is -2.36. The van der Waals surface area contributed by atoms with Crippen LogP contribution in [0.4, 0.5) is 5.82 Å². The summed E-state index contributed by atoms with van der Waals surface area (Å²) in [6.07, 6.45) is 8.34. The maximum Gasteiger partial charge on any atom is 0.239 e.